The molecule has 0 aliphatic rings. The maximum atomic E-state index is 12.9. The lowest BCUT2D eigenvalue weighted by Gasteiger charge is -2.32. The van der Waals surface area contributed by atoms with E-state index >= 15 is 0 Å². The van der Waals surface area contributed by atoms with Crippen LogP contribution >= 0.6 is 11.3 Å². The third-order valence-electron chi connectivity index (χ3n) is 4.13. The van der Waals surface area contributed by atoms with Gasteiger partial charge in [0.05, 0.1) is 0 Å². The molecule has 2 aromatic rings. The van der Waals surface area contributed by atoms with Gasteiger partial charge in [0.25, 0.3) is 15.6 Å². The van der Waals surface area contributed by atoms with Crippen LogP contribution in [0.1, 0.15) is 30.9 Å². The smallest absolute Gasteiger partial charge is 0.369 e. The summed E-state index contributed by atoms with van der Waals surface area (Å²) in [5.74, 6) is 0. The van der Waals surface area contributed by atoms with E-state index < -0.39 is 33.5 Å². The molecule has 162 valence electrons. The summed E-state index contributed by atoms with van der Waals surface area (Å²) in [6.07, 6.45) is -9.93. The Hall–Kier alpha value is -1.79. The second-order valence-electron chi connectivity index (χ2n) is 6.23. The first-order valence-corrected chi connectivity index (χ1v) is 10.7. The quantitative estimate of drug-likeness (QED) is 0.557. The van der Waals surface area contributed by atoms with Crippen molar-refractivity contribution in [3.63, 3.8) is 0 Å². The highest BCUT2D eigenvalue weighted by Crippen LogP contribution is 2.50. The summed E-state index contributed by atoms with van der Waals surface area (Å²) >= 11 is 0.952. The van der Waals surface area contributed by atoms with Crippen molar-refractivity contribution < 1.29 is 39.9 Å². The third kappa shape index (κ3) is 4.69. The van der Waals surface area contributed by atoms with Crippen molar-refractivity contribution in [3.05, 3.63) is 46.8 Å². The molecule has 0 atom stereocenters. The number of rotatable bonds is 7. The third-order valence-corrected chi connectivity index (χ3v) is 7.08. The molecule has 2 N–H and O–H groups in total. The number of unbranched alkanes of at least 4 members (excludes halogenated alkanes) is 1. The van der Waals surface area contributed by atoms with E-state index in [4.69, 9.17) is 0 Å². The van der Waals surface area contributed by atoms with E-state index in [1.807, 2.05) is 6.92 Å². The Kier molecular flexibility index (Phi) is 6.60. The molecule has 0 amide bonds. The molecule has 4 nitrogen and oxygen atoms in total. The van der Waals surface area contributed by atoms with Gasteiger partial charge >= 0.3 is 12.4 Å². The molecular weight excluding hydrogens is 444 g/mol. The summed E-state index contributed by atoms with van der Waals surface area (Å²) in [4.78, 5) is 0. The van der Waals surface area contributed by atoms with Crippen molar-refractivity contribution in [2.75, 3.05) is 4.72 Å². The monoisotopic (exact) mass is 461 g/mol. The summed E-state index contributed by atoms with van der Waals surface area (Å²) in [5.41, 5.74) is -6.21. The molecule has 0 saturated heterocycles. The number of alkyl halides is 6. The van der Waals surface area contributed by atoms with E-state index in [9.17, 15) is 39.9 Å². The predicted molar refractivity (Wildman–Crippen MR) is 96.2 cm³/mol. The molecule has 1 aromatic heterocycles. The van der Waals surface area contributed by atoms with Crippen LogP contribution in [0.25, 0.3) is 0 Å². The Labute approximate surface area is 167 Å². The van der Waals surface area contributed by atoms with Gasteiger partial charge < -0.3 is 5.11 Å². The van der Waals surface area contributed by atoms with Gasteiger partial charge in [-0.3, -0.25) is 4.72 Å². The molecule has 29 heavy (non-hydrogen) atoms. The topological polar surface area (TPSA) is 66.4 Å². The average molecular weight is 461 g/mol. The van der Waals surface area contributed by atoms with Crippen molar-refractivity contribution in [2.24, 2.45) is 0 Å². The second-order valence-corrected chi connectivity index (χ2v) is 9.02. The number of nitrogens with one attached hydrogen (secondary N) is 1. The first-order valence-electron chi connectivity index (χ1n) is 8.29. The molecule has 0 aliphatic heterocycles. The summed E-state index contributed by atoms with van der Waals surface area (Å²) in [6, 6.07) is 3.87. The van der Waals surface area contributed by atoms with Crippen molar-refractivity contribution >= 4 is 27.0 Å². The zero-order valence-corrected chi connectivity index (χ0v) is 16.6. The number of halogens is 6. The van der Waals surface area contributed by atoms with Crippen LogP contribution in [-0.2, 0) is 22.0 Å². The van der Waals surface area contributed by atoms with Crippen molar-refractivity contribution in [2.45, 2.75) is 48.3 Å². The Morgan fingerprint density at radius 1 is 1.00 bits per heavy atom. The number of hydrogen-bond acceptors (Lipinski definition) is 4. The zero-order chi connectivity index (χ0) is 22.1. The summed E-state index contributed by atoms with van der Waals surface area (Å²) in [7, 11) is -4.07. The van der Waals surface area contributed by atoms with Crippen LogP contribution in [0.5, 0.6) is 0 Å². The number of aliphatic hydroxyl groups is 1. The number of sulfonamides is 1. The molecule has 2 rings (SSSR count). The summed E-state index contributed by atoms with van der Waals surface area (Å²) < 4.78 is 105. The van der Waals surface area contributed by atoms with Crippen LogP contribution < -0.4 is 4.72 Å². The highest BCUT2D eigenvalue weighted by Gasteiger charge is 2.71. The van der Waals surface area contributed by atoms with Crippen LogP contribution in [0, 0.1) is 0 Å². The maximum absolute atomic E-state index is 12.9. The highest BCUT2D eigenvalue weighted by atomic mass is 32.2. The molecule has 0 unspecified atom stereocenters. The largest absolute Gasteiger partial charge is 0.430 e. The zero-order valence-electron chi connectivity index (χ0n) is 14.9. The SMILES string of the molecule is CCCCc1ccsc1S(=O)(=O)Nc1ccc(C(O)(C(F)(F)F)C(F)(F)F)cc1. The van der Waals surface area contributed by atoms with E-state index in [1.54, 1.807) is 11.4 Å². The second kappa shape index (κ2) is 8.15. The van der Waals surface area contributed by atoms with E-state index in [0.29, 0.717) is 24.1 Å². The molecule has 0 aliphatic carbocycles. The molecule has 0 radical (unpaired) electrons. The van der Waals surface area contributed by atoms with E-state index in [0.717, 1.165) is 36.3 Å². The normalized spacial score (nSPS) is 13.5. The van der Waals surface area contributed by atoms with Crippen molar-refractivity contribution in [1.29, 1.82) is 0 Å². The minimum Gasteiger partial charge on any atom is -0.369 e. The standard InChI is InChI=1S/C17H17F6NO3S2/c1-2-3-4-11-9-10-28-14(11)29(26,27)24-13-7-5-12(6-8-13)15(25,16(18,19)20)17(21,22)23/h5-10,24-25H,2-4H2,1H3. The number of thiophene rings is 1. The van der Waals surface area contributed by atoms with Gasteiger partial charge in [-0.1, -0.05) is 25.5 Å². The first kappa shape index (κ1) is 23.5. The van der Waals surface area contributed by atoms with E-state index in [2.05, 4.69) is 4.72 Å². The Morgan fingerprint density at radius 3 is 2.03 bits per heavy atom. The Bertz CT molecular complexity index is 919. The van der Waals surface area contributed by atoms with E-state index in [-0.39, 0.29) is 9.90 Å². The number of anilines is 1. The minimum atomic E-state index is -6.02. The molecule has 0 bridgehead atoms. The van der Waals surface area contributed by atoms with Gasteiger partial charge in [0, 0.05) is 11.3 Å². The van der Waals surface area contributed by atoms with Crippen LogP contribution in [-0.4, -0.2) is 25.9 Å². The Morgan fingerprint density at radius 2 is 1.55 bits per heavy atom. The van der Waals surface area contributed by atoms with Crippen LogP contribution in [0.2, 0.25) is 0 Å². The minimum absolute atomic E-state index is 0.0251. The van der Waals surface area contributed by atoms with Gasteiger partial charge in [0.1, 0.15) is 4.21 Å². The lowest BCUT2D eigenvalue weighted by Crippen LogP contribution is -2.53. The molecule has 1 aromatic carbocycles. The maximum Gasteiger partial charge on any atom is 0.430 e. The first-order chi connectivity index (χ1) is 13.2. The Balaban J connectivity index is 2.33. The van der Waals surface area contributed by atoms with Crippen LogP contribution in [0.3, 0.4) is 0 Å². The van der Waals surface area contributed by atoms with Crippen molar-refractivity contribution in [3.8, 4) is 0 Å². The van der Waals surface area contributed by atoms with Gasteiger partial charge in [-0.2, -0.15) is 26.3 Å². The van der Waals surface area contributed by atoms with Gasteiger partial charge in [0.2, 0.25) is 0 Å². The highest BCUT2D eigenvalue weighted by molar-refractivity contribution is 7.94. The molecule has 12 heteroatoms. The summed E-state index contributed by atoms with van der Waals surface area (Å²) in [6.45, 7) is 1.93. The van der Waals surface area contributed by atoms with Crippen LogP contribution in [0.4, 0.5) is 32.0 Å². The molecule has 0 saturated carbocycles. The van der Waals surface area contributed by atoms with Gasteiger partial charge in [-0.25, -0.2) is 8.42 Å². The molecule has 1 heterocycles. The fourth-order valence-electron chi connectivity index (χ4n) is 2.58. The fraction of sp³-hybridized carbons (Fsp3) is 0.412. The predicted octanol–water partition coefficient (Wildman–Crippen LogP) is 5.20. The number of hydrogen-bond donors (Lipinski definition) is 2. The van der Waals surface area contributed by atoms with Crippen molar-refractivity contribution in [1.82, 2.24) is 0 Å². The lowest BCUT2D eigenvalue weighted by molar-refractivity contribution is -0.376. The lowest BCUT2D eigenvalue weighted by atomic mass is 9.92. The average Bonchev–Trinajstić information content (AvgIpc) is 3.07. The molecule has 0 fully saturated rings. The molecular formula is C17H17F6NO3S2. The van der Waals surface area contributed by atoms with Gasteiger partial charge in [-0.05, 0) is 42.0 Å². The number of benzene rings is 1. The summed E-state index contributed by atoms with van der Waals surface area (Å²) in [5, 5.41) is 10.9. The number of aryl methyl sites for hydroxylation is 1. The van der Waals surface area contributed by atoms with E-state index in [1.165, 1.54) is 0 Å². The van der Waals surface area contributed by atoms with Gasteiger partial charge in [0.15, 0.2) is 0 Å². The molecule has 0 spiro atoms. The van der Waals surface area contributed by atoms with Crippen LogP contribution in [0.15, 0.2) is 39.9 Å². The fourth-order valence-corrected chi connectivity index (χ4v) is 5.11. The van der Waals surface area contributed by atoms with Gasteiger partial charge in [-0.15, -0.1) is 11.3 Å².